The van der Waals surface area contributed by atoms with Crippen LogP contribution < -0.4 is 0 Å². The number of halogens is 1. The molecule has 2 aromatic carbocycles. The SMILES string of the molecule is Clc1ccc([C@H]2CN(CCc3ccccc3)CCO2)cc1. The van der Waals surface area contributed by atoms with Crippen molar-refractivity contribution < 1.29 is 4.74 Å². The molecule has 0 unspecified atom stereocenters. The third kappa shape index (κ3) is 4.07. The van der Waals surface area contributed by atoms with E-state index in [9.17, 15) is 0 Å². The van der Waals surface area contributed by atoms with Crippen molar-refractivity contribution in [1.82, 2.24) is 4.90 Å². The molecule has 1 atom stereocenters. The zero-order chi connectivity index (χ0) is 14.5. The third-order valence-electron chi connectivity index (χ3n) is 3.95. The highest BCUT2D eigenvalue weighted by molar-refractivity contribution is 6.30. The van der Waals surface area contributed by atoms with Gasteiger partial charge in [-0.15, -0.1) is 0 Å². The van der Waals surface area contributed by atoms with Crippen LogP contribution >= 0.6 is 11.6 Å². The van der Waals surface area contributed by atoms with Gasteiger partial charge in [-0.25, -0.2) is 0 Å². The summed E-state index contributed by atoms with van der Waals surface area (Å²) in [6, 6.07) is 18.6. The van der Waals surface area contributed by atoms with Crippen molar-refractivity contribution in [3.05, 3.63) is 70.7 Å². The Kier molecular flexibility index (Phi) is 4.91. The van der Waals surface area contributed by atoms with Gasteiger partial charge in [0.15, 0.2) is 0 Å². The minimum absolute atomic E-state index is 0.159. The number of morpholine rings is 1. The van der Waals surface area contributed by atoms with Crippen LogP contribution in [0, 0.1) is 0 Å². The summed E-state index contributed by atoms with van der Waals surface area (Å²) in [5.74, 6) is 0. The van der Waals surface area contributed by atoms with Crippen molar-refractivity contribution in [3.63, 3.8) is 0 Å². The summed E-state index contributed by atoms with van der Waals surface area (Å²) in [6.45, 7) is 3.84. The summed E-state index contributed by atoms with van der Waals surface area (Å²) in [4.78, 5) is 2.48. The second-order valence-corrected chi connectivity index (χ2v) is 5.88. The van der Waals surface area contributed by atoms with Gasteiger partial charge in [0.25, 0.3) is 0 Å². The number of nitrogens with zero attached hydrogens (tertiary/aromatic N) is 1. The highest BCUT2D eigenvalue weighted by atomic mass is 35.5. The highest BCUT2D eigenvalue weighted by Crippen LogP contribution is 2.23. The van der Waals surface area contributed by atoms with Crippen molar-refractivity contribution in [2.75, 3.05) is 26.2 Å². The largest absolute Gasteiger partial charge is 0.371 e. The van der Waals surface area contributed by atoms with Crippen molar-refractivity contribution in [2.45, 2.75) is 12.5 Å². The predicted molar refractivity (Wildman–Crippen MR) is 86.7 cm³/mol. The Morgan fingerprint density at radius 1 is 1.05 bits per heavy atom. The number of ether oxygens (including phenoxy) is 1. The van der Waals surface area contributed by atoms with Crippen LogP contribution in [-0.4, -0.2) is 31.1 Å². The lowest BCUT2D eigenvalue weighted by Gasteiger charge is -2.33. The van der Waals surface area contributed by atoms with E-state index < -0.39 is 0 Å². The van der Waals surface area contributed by atoms with Gasteiger partial charge < -0.3 is 4.74 Å². The average molecular weight is 302 g/mol. The summed E-state index contributed by atoms with van der Waals surface area (Å²) in [7, 11) is 0. The fourth-order valence-electron chi connectivity index (χ4n) is 2.72. The van der Waals surface area contributed by atoms with E-state index in [0.717, 1.165) is 37.7 Å². The average Bonchev–Trinajstić information content (AvgIpc) is 2.55. The Morgan fingerprint density at radius 3 is 2.57 bits per heavy atom. The smallest absolute Gasteiger partial charge is 0.0952 e. The van der Waals surface area contributed by atoms with E-state index in [2.05, 4.69) is 47.4 Å². The van der Waals surface area contributed by atoms with Gasteiger partial charge in [-0.1, -0.05) is 54.1 Å². The van der Waals surface area contributed by atoms with Crippen molar-refractivity contribution in [2.24, 2.45) is 0 Å². The molecule has 2 aromatic rings. The van der Waals surface area contributed by atoms with Gasteiger partial charge in [0.05, 0.1) is 12.7 Å². The summed E-state index contributed by atoms with van der Waals surface area (Å²) in [5, 5.41) is 0.774. The van der Waals surface area contributed by atoms with Crippen LogP contribution in [0.1, 0.15) is 17.2 Å². The van der Waals surface area contributed by atoms with Crippen LogP contribution in [-0.2, 0) is 11.2 Å². The maximum absolute atomic E-state index is 5.95. The lowest BCUT2D eigenvalue weighted by molar-refractivity contribution is -0.0295. The van der Waals surface area contributed by atoms with E-state index in [0.29, 0.717) is 0 Å². The molecule has 110 valence electrons. The second kappa shape index (κ2) is 7.08. The molecule has 0 aliphatic carbocycles. The third-order valence-corrected chi connectivity index (χ3v) is 4.20. The number of rotatable bonds is 4. The molecular weight excluding hydrogens is 282 g/mol. The summed E-state index contributed by atoms with van der Waals surface area (Å²) >= 11 is 5.95. The maximum Gasteiger partial charge on any atom is 0.0952 e. The van der Waals surface area contributed by atoms with Crippen molar-refractivity contribution in [3.8, 4) is 0 Å². The van der Waals surface area contributed by atoms with Crippen LogP contribution in [0.15, 0.2) is 54.6 Å². The van der Waals surface area contributed by atoms with Crippen LogP contribution in [0.25, 0.3) is 0 Å². The summed E-state index contributed by atoms with van der Waals surface area (Å²) < 4.78 is 5.90. The first-order valence-corrected chi connectivity index (χ1v) is 7.82. The molecule has 3 heteroatoms. The second-order valence-electron chi connectivity index (χ2n) is 5.45. The standard InChI is InChI=1S/C18H20ClNO/c19-17-8-6-16(7-9-17)18-14-20(12-13-21-18)11-10-15-4-2-1-3-5-15/h1-9,18H,10-14H2/t18-/m1/s1. The molecule has 0 saturated carbocycles. The molecule has 1 heterocycles. The van der Waals surface area contributed by atoms with E-state index in [-0.39, 0.29) is 6.10 Å². The minimum Gasteiger partial charge on any atom is -0.371 e. The first-order valence-electron chi connectivity index (χ1n) is 7.44. The van der Waals surface area contributed by atoms with Crippen LogP contribution in [0.3, 0.4) is 0 Å². The van der Waals surface area contributed by atoms with Gasteiger partial charge in [0, 0.05) is 24.7 Å². The minimum atomic E-state index is 0.159. The maximum atomic E-state index is 5.95. The van der Waals surface area contributed by atoms with Crippen molar-refractivity contribution >= 4 is 11.6 Å². The van der Waals surface area contributed by atoms with Crippen LogP contribution in [0.5, 0.6) is 0 Å². The zero-order valence-corrected chi connectivity index (χ0v) is 12.8. The molecule has 2 nitrogen and oxygen atoms in total. The fraction of sp³-hybridized carbons (Fsp3) is 0.333. The number of hydrogen-bond acceptors (Lipinski definition) is 2. The fourth-order valence-corrected chi connectivity index (χ4v) is 2.84. The van der Waals surface area contributed by atoms with Gasteiger partial charge in [0.2, 0.25) is 0 Å². The Labute approximate surface area is 131 Å². The predicted octanol–water partition coefficient (Wildman–Crippen LogP) is 3.96. The molecule has 0 aromatic heterocycles. The number of hydrogen-bond donors (Lipinski definition) is 0. The van der Waals surface area contributed by atoms with Gasteiger partial charge in [-0.3, -0.25) is 4.90 Å². The molecule has 0 spiro atoms. The van der Waals surface area contributed by atoms with Gasteiger partial charge >= 0.3 is 0 Å². The van der Waals surface area contributed by atoms with Crippen LogP contribution in [0.2, 0.25) is 5.02 Å². The van der Waals surface area contributed by atoms with Gasteiger partial charge in [-0.05, 0) is 29.7 Å². The molecule has 1 fully saturated rings. The van der Waals surface area contributed by atoms with E-state index in [1.54, 1.807) is 0 Å². The monoisotopic (exact) mass is 301 g/mol. The Bertz CT molecular complexity index is 555. The first kappa shape index (κ1) is 14.6. The topological polar surface area (TPSA) is 12.5 Å². The zero-order valence-electron chi connectivity index (χ0n) is 12.0. The van der Waals surface area contributed by atoms with E-state index in [4.69, 9.17) is 16.3 Å². The van der Waals surface area contributed by atoms with E-state index >= 15 is 0 Å². The molecule has 1 aliphatic rings. The lowest BCUT2D eigenvalue weighted by Crippen LogP contribution is -2.39. The molecule has 0 amide bonds. The molecule has 1 saturated heterocycles. The van der Waals surface area contributed by atoms with E-state index in [1.165, 1.54) is 11.1 Å². The highest BCUT2D eigenvalue weighted by Gasteiger charge is 2.21. The van der Waals surface area contributed by atoms with E-state index in [1.807, 2.05) is 12.1 Å². The summed E-state index contributed by atoms with van der Waals surface area (Å²) in [6.07, 6.45) is 1.25. The molecule has 1 aliphatic heterocycles. The lowest BCUT2D eigenvalue weighted by atomic mass is 10.1. The molecule has 0 N–H and O–H groups in total. The summed E-state index contributed by atoms with van der Waals surface area (Å²) in [5.41, 5.74) is 2.61. The molecule has 0 radical (unpaired) electrons. The van der Waals surface area contributed by atoms with Crippen LogP contribution in [0.4, 0.5) is 0 Å². The Balaban J connectivity index is 1.57. The normalized spacial score (nSPS) is 19.6. The molecule has 0 bridgehead atoms. The Hall–Kier alpha value is -1.35. The van der Waals surface area contributed by atoms with Crippen molar-refractivity contribution in [1.29, 1.82) is 0 Å². The Morgan fingerprint density at radius 2 is 1.81 bits per heavy atom. The molecule has 3 rings (SSSR count). The molecular formula is C18H20ClNO. The van der Waals surface area contributed by atoms with Gasteiger partial charge in [-0.2, -0.15) is 0 Å². The molecule has 21 heavy (non-hydrogen) atoms. The quantitative estimate of drug-likeness (QED) is 0.847. The number of benzene rings is 2. The first-order chi connectivity index (χ1) is 10.3. The van der Waals surface area contributed by atoms with Gasteiger partial charge in [0.1, 0.15) is 0 Å².